The van der Waals surface area contributed by atoms with Crippen LogP contribution in [-0.4, -0.2) is 9.04 Å². The predicted molar refractivity (Wildman–Crippen MR) is 106 cm³/mol. The summed E-state index contributed by atoms with van der Waals surface area (Å²) in [6.45, 7) is 6.84. The molecule has 0 bridgehead atoms. The van der Waals surface area contributed by atoms with Crippen LogP contribution in [0, 0.1) is 0 Å². The van der Waals surface area contributed by atoms with E-state index in [2.05, 4.69) is 86.8 Å². The minimum absolute atomic E-state index is 0. The molecule has 0 saturated heterocycles. The first-order chi connectivity index (χ1) is 12.1. The van der Waals surface area contributed by atoms with Crippen LogP contribution in [0.25, 0.3) is 28.0 Å². The third-order valence-corrected chi connectivity index (χ3v) is 12.3. The van der Waals surface area contributed by atoms with Crippen molar-refractivity contribution >= 4 is 25.9 Å². The monoisotopic (exact) mass is 490 g/mol. The van der Waals surface area contributed by atoms with E-state index in [0.717, 1.165) is 0 Å². The van der Waals surface area contributed by atoms with Crippen LogP contribution in [0.15, 0.2) is 66.2 Å². The molecule has 0 aliphatic heterocycles. The molecule has 0 aromatic heterocycles. The number of allylic oxidation sites excluding steroid dienone is 1. The van der Waals surface area contributed by atoms with Crippen molar-refractivity contribution in [2.45, 2.75) is 23.6 Å². The first-order valence-corrected chi connectivity index (χ1v) is 14.1. The van der Waals surface area contributed by atoms with Crippen LogP contribution in [0.2, 0.25) is 13.1 Å². The van der Waals surface area contributed by atoms with E-state index >= 15 is 0 Å². The molecule has 4 rings (SSSR count). The molecule has 3 aromatic rings. The van der Waals surface area contributed by atoms with Crippen molar-refractivity contribution in [3.8, 4) is 11.1 Å². The average molecular weight is 493 g/mol. The van der Waals surface area contributed by atoms with Crippen LogP contribution in [0.4, 0.5) is 0 Å². The third kappa shape index (κ3) is 4.66. The quantitative estimate of drug-likeness (QED) is 0.465. The average Bonchev–Trinajstić information content (AvgIpc) is 2.94. The maximum atomic E-state index is 6.22. The third-order valence-electron chi connectivity index (χ3n) is 4.76. The van der Waals surface area contributed by atoms with Crippen LogP contribution in [0.5, 0.6) is 0 Å². The van der Waals surface area contributed by atoms with Gasteiger partial charge in [-0.15, -0.1) is 0 Å². The van der Waals surface area contributed by atoms with Gasteiger partial charge in [0.25, 0.3) is 0 Å². The molecular weight excluding hydrogens is 470 g/mol. The van der Waals surface area contributed by atoms with Gasteiger partial charge in [-0.1, -0.05) is 0 Å². The van der Waals surface area contributed by atoms with Gasteiger partial charge in [-0.3, -0.25) is 0 Å². The molecule has 138 valence electrons. The summed E-state index contributed by atoms with van der Waals surface area (Å²) < 4.78 is 6.80. The fraction of sp³-hybridized carbons (Fsp3) is 0.182. The van der Waals surface area contributed by atoms with Gasteiger partial charge in [-0.2, -0.15) is 0 Å². The largest absolute Gasteiger partial charge is 1.00 e. The molecule has 0 fully saturated rings. The number of hydrogen-bond acceptors (Lipinski definition) is 1. The van der Waals surface area contributed by atoms with Gasteiger partial charge in [0.2, 0.25) is 0 Å². The summed E-state index contributed by atoms with van der Waals surface area (Å²) in [6.07, 6.45) is 2.40. The minimum atomic E-state index is -0.920. The van der Waals surface area contributed by atoms with Crippen LogP contribution < -0.4 is 24.8 Å². The fourth-order valence-corrected chi connectivity index (χ4v) is 8.53. The van der Waals surface area contributed by atoms with Gasteiger partial charge in [0.1, 0.15) is 0 Å². The molecule has 1 unspecified atom stereocenters. The molecule has 0 saturated carbocycles. The van der Waals surface area contributed by atoms with E-state index < -0.39 is 32.7 Å². The van der Waals surface area contributed by atoms with E-state index in [1.54, 1.807) is 0 Å². The van der Waals surface area contributed by atoms with E-state index in [1.165, 1.54) is 38.6 Å². The van der Waals surface area contributed by atoms with Gasteiger partial charge in [-0.05, 0) is 0 Å². The molecule has 1 aliphatic carbocycles. The molecule has 27 heavy (non-hydrogen) atoms. The predicted octanol–water partition coefficient (Wildman–Crippen LogP) is -0.0297. The summed E-state index contributed by atoms with van der Waals surface area (Å²) in [5.41, 5.74) is 7.06. The van der Waals surface area contributed by atoms with Crippen molar-refractivity contribution in [2.75, 3.05) is 0 Å². The molecule has 0 N–H and O–H groups in total. The van der Waals surface area contributed by atoms with Gasteiger partial charge in [0.05, 0.1) is 0 Å². The van der Waals surface area contributed by atoms with Crippen LogP contribution in [-0.2, 0) is 26.2 Å². The number of benzene rings is 3. The van der Waals surface area contributed by atoms with Crippen molar-refractivity contribution in [1.82, 2.24) is 0 Å². The summed E-state index contributed by atoms with van der Waals surface area (Å²) in [7, 11) is -0.920. The molecular formula is C22H22Cl2OSiZr. The van der Waals surface area contributed by atoms with Crippen molar-refractivity contribution in [3.63, 3.8) is 0 Å². The van der Waals surface area contributed by atoms with Gasteiger partial charge in [0.15, 0.2) is 0 Å². The van der Waals surface area contributed by atoms with Crippen molar-refractivity contribution in [2.24, 2.45) is 0 Å². The summed E-state index contributed by atoms with van der Waals surface area (Å²) in [6, 6.07) is 22.2. The Labute approximate surface area is 188 Å². The maximum Gasteiger partial charge on any atom is -1.00 e. The first-order valence-electron chi connectivity index (χ1n) is 8.85. The van der Waals surface area contributed by atoms with Crippen LogP contribution >= 0.6 is 0 Å². The van der Waals surface area contributed by atoms with Crippen LogP contribution in [0.1, 0.15) is 21.7 Å². The van der Waals surface area contributed by atoms with E-state index in [-0.39, 0.29) is 24.8 Å². The number of hydrogen-bond donors (Lipinski definition) is 0. The van der Waals surface area contributed by atoms with E-state index in [4.69, 9.17) is 2.50 Å². The molecule has 1 nitrogen and oxygen atoms in total. The van der Waals surface area contributed by atoms with Gasteiger partial charge < -0.3 is 24.8 Å². The Morgan fingerprint density at radius 2 is 1.63 bits per heavy atom. The minimum Gasteiger partial charge on any atom is -1.00 e. The standard InChI is InChI=1S/C20H15.C2H7OSi.2ClH.Zr/c1-14-11-17-7-4-8-19(20(17)12-14)18-10-9-15-5-2-3-6-16(15)13-18;1-4(2)3;;;/h2-13H,1H3;4H,1-2H3;2*1H;/q;-1;;;+3/p-2. The molecule has 0 spiro atoms. The van der Waals surface area contributed by atoms with Gasteiger partial charge in [0, 0.05) is 0 Å². The molecule has 0 amide bonds. The zero-order chi connectivity index (χ0) is 17.4. The Morgan fingerprint density at radius 1 is 0.889 bits per heavy atom. The molecule has 3 aromatic carbocycles. The van der Waals surface area contributed by atoms with E-state index in [1.807, 2.05) is 0 Å². The molecule has 5 heteroatoms. The topological polar surface area (TPSA) is 9.23 Å². The second kappa shape index (κ2) is 9.67. The number of rotatable bonds is 4. The Bertz CT molecular complexity index is 971. The summed E-state index contributed by atoms with van der Waals surface area (Å²) in [5.74, 6) is 0. The van der Waals surface area contributed by atoms with Crippen LogP contribution in [0.3, 0.4) is 0 Å². The zero-order valence-electron chi connectivity index (χ0n) is 15.7. The second-order valence-corrected chi connectivity index (χ2v) is 13.0. The summed E-state index contributed by atoms with van der Waals surface area (Å²) in [5, 5.41) is 2.60. The smallest absolute Gasteiger partial charge is 1.00 e. The first kappa shape index (κ1) is 22.6. The summed E-state index contributed by atoms with van der Waals surface area (Å²) >= 11 is -0.859. The van der Waals surface area contributed by atoms with Crippen molar-refractivity contribution in [3.05, 3.63) is 77.4 Å². The van der Waals surface area contributed by atoms with Gasteiger partial charge >= 0.3 is 164 Å². The fourth-order valence-electron chi connectivity index (χ4n) is 3.52. The van der Waals surface area contributed by atoms with Crippen molar-refractivity contribution in [1.29, 1.82) is 0 Å². The van der Waals surface area contributed by atoms with Crippen molar-refractivity contribution < 1.29 is 51.0 Å². The normalized spacial score (nSPS) is 14.8. The Hall–Kier alpha value is -0.700. The molecule has 1 aliphatic rings. The number of halogens is 2. The number of fused-ring (bicyclic) bond motifs is 2. The summed E-state index contributed by atoms with van der Waals surface area (Å²) in [4.78, 5) is 0. The van der Waals surface area contributed by atoms with Gasteiger partial charge in [-0.25, -0.2) is 0 Å². The maximum absolute atomic E-state index is 6.22. The Kier molecular flexibility index (Phi) is 8.09. The molecule has 0 radical (unpaired) electrons. The van der Waals surface area contributed by atoms with E-state index in [9.17, 15) is 0 Å². The Balaban J connectivity index is 0.00000131. The molecule has 1 atom stereocenters. The van der Waals surface area contributed by atoms with E-state index in [0.29, 0.717) is 3.63 Å². The molecule has 0 heterocycles. The SMILES string of the molecule is CC1=Cc2c(-c3ccc4ccccc4c3)cccc2[CH]1[Zr+2][O][SiH](C)C.[Cl-].[Cl-]. The Morgan fingerprint density at radius 3 is 2.37 bits per heavy atom. The second-order valence-electron chi connectivity index (χ2n) is 6.98. The zero-order valence-corrected chi connectivity index (χ0v) is 20.8.